The van der Waals surface area contributed by atoms with Gasteiger partial charge in [0.2, 0.25) is 11.8 Å². The predicted molar refractivity (Wildman–Crippen MR) is 67.6 cm³/mol. The van der Waals surface area contributed by atoms with E-state index in [9.17, 15) is 9.59 Å². The van der Waals surface area contributed by atoms with Gasteiger partial charge in [0, 0.05) is 32.0 Å². The molecule has 1 saturated heterocycles. The molecular weight excluding hydrogens is 216 g/mol. The molecule has 1 rings (SSSR count). The van der Waals surface area contributed by atoms with E-state index in [4.69, 9.17) is 0 Å². The van der Waals surface area contributed by atoms with Gasteiger partial charge in [0.1, 0.15) is 0 Å². The largest absolute Gasteiger partial charge is 0.353 e. The second-order valence-electron chi connectivity index (χ2n) is 4.72. The average molecular weight is 240 g/mol. The van der Waals surface area contributed by atoms with Gasteiger partial charge in [0.15, 0.2) is 0 Å². The topological polar surface area (TPSA) is 49.4 Å². The summed E-state index contributed by atoms with van der Waals surface area (Å²) in [6.07, 6.45) is 4.84. The summed E-state index contributed by atoms with van der Waals surface area (Å²) in [7, 11) is 0. The molecule has 0 aromatic carbocycles. The molecule has 0 saturated carbocycles. The van der Waals surface area contributed by atoms with Gasteiger partial charge in [-0.1, -0.05) is 13.8 Å². The van der Waals surface area contributed by atoms with E-state index in [0.717, 1.165) is 38.8 Å². The van der Waals surface area contributed by atoms with Crippen LogP contribution < -0.4 is 5.32 Å². The highest BCUT2D eigenvalue weighted by molar-refractivity contribution is 5.77. The van der Waals surface area contributed by atoms with Gasteiger partial charge in [-0.3, -0.25) is 9.59 Å². The maximum absolute atomic E-state index is 11.7. The predicted octanol–water partition coefficient (Wildman–Crippen LogP) is 1.69. The zero-order valence-corrected chi connectivity index (χ0v) is 11.0. The minimum absolute atomic E-state index is 0.144. The Balaban J connectivity index is 2.26. The first-order chi connectivity index (χ1) is 8.17. The molecule has 98 valence electrons. The summed E-state index contributed by atoms with van der Waals surface area (Å²) in [6.45, 7) is 5.60. The number of likely N-dealkylation sites (tertiary alicyclic amines) is 1. The van der Waals surface area contributed by atoms with Crippen molar-refractivity contribution in [3.63, 3.8) is 0 Å². The van der Waals surface area contributed by atoms with Crippen LogP contribution in [-0.2, 0) is 9.59 Å². The van der Waals surface area contributed by atoms with E-state index >= 15 is 0 Å². The number of rotatable bonds is 5. The van der Waals surface area contributed by atoms with Crippen LogP contribution in [0.15, 0.2) is 0 Å². The fourth-order valence-electron chi connectivity index (χ4n) is 2.17. The zero-order valence-electron chi connectivity index (χ0n) is 11.0. The normalized spacial score (nSPS) is 16.9. The summed E-state index contributed by atoms with van der Waals surface area (Å²) in [5.41, 5.74) is 0. The molecule has 1 heterocycles. The van der Waals surface area contributed by atoms with Gasteiger partial charge >= 0.3 is 0 Å². The second-order valence-corrected chi connectivity index (χ2v) is 4.72. The van der Waals surface area contributed by atoms with Gasteiger partial charge in [-0.05, 0) is 25.7 Å². The number of nitrogens with zero attached hydrogens (tertiary/aromatic N) is 1. The fraction of sp³-hybridized carbons (Fsp3) is 0.846. The third-order valence-corrected chi connectivity index (χ3v) is 3.15. The maximum Gasteiger partial charge on any atom is 0.222 e. The lowest BCUT2D eigenvalue weighted by atomic mass is 10.0. The number of amides is 2. The molecular formula is C13H24N2O2. The fourth-order valence-corrected chi connectivity index (χ4v) is 2.17. The maximum atomic E-state index is 11.7. The zero-order chi connectivity index (χ0) is 12.7. The van der Waals surface area contributed by atoms with Crippen molar-refractivity contribution in [3.05, 3.63) is 0 Å². The molecule has 1 N–H and O–H groups in total. The van der Waals surface area contributed by atoms with Crippen molar-refractivity contribution in [2.45, 2.75) is 58.4 Å². The van der Waals surface area contributed by atoms with E-state index in [1.54, 1.807) is 0 Å². The van der Waals surface area contributed by atoms with Crippen LogP contribution in [0.25, 0.3) is 0 Å². The number of carbonyl (C=O) groups is 2. The second kappa shape index (κ2) is 7.30. The van der Waals surface area contributed by atoms with Crippen molar-refractivity contribution >= 4 is 11.8 Å². The Hall–Kier alpha value is -1.06. The highest BCUT2D eigenvalue weighted by Crippen LogP contribution is 2.12. The number of carbonyl (C=O) groups excluding carboxylic acids is 2. The minimum Gasteiger partial charge on any atom is -0.353 e. The highest BCUT2D eigenvalue weighted by Gasteiger charge is 2.22. The molecule has 0 radical (unpaired) electrons. The van der Waals surface area contributed by atoms with Crippen LogP contribution in [0.4, 0.5) is 0 Å². The quantitative estimate of drug-likeness (QED) is 0.795. The molecule has 0 bridgehead atoms. The first-order valence-corrected chi connectivity index (χ1v) is 6.74. The van der Waals surface area contributed by atoms with Gasteiger partial charge in [0.25, 0.3) is 0 Å². The number of hydrogen-bond donors (Lipinski definition) is 1. The Morgan fingerprint density at radius 2 is 1.71 bits per heavy atom. The van der Waals surface area contributed by atoms with Crippen LogP contribution in [0.2, 0.25) is 0 Å². The van der Waals surface area contributed by atoms with Crippen molar-refractivity contribution < 1.29 is 9.59 Å². The Labute approximate surface area is 104 Å². The van der Waals surface area contributed by atoms with Gasteiger partial charge in [-0.15, -0.1) is 0 Å². The SMILES string of the molecule is CCCC(=O)NC1CCN(C(=O)CCC)CC1. The third-order valence-electron chi connectivity index (χ3n) is 3.15. The molecule has 1 aliphatic rings. The molecule has 0 spiro atoms. The molecule has 4 heteroatoms. The van der Waals surface area contributed by atoms with Crippen molar-refractivity contribution in [1.82, 2.24) is 10.2 Å². The summed E-state index contributed by atoms with van der Waals surface area (Å²) < 4.78 is 0. The van der Waals surface area contributed by atoms with Crippen LogP contribution in [0.1, 0.15) is 52.4 Å². The Morgan fingerprint density at radius 3 is 2.24 bits per heavy atom. The molecule has 0 aliphatic carbocycles. The Kier molecular flexibility index (Phi) is 6.01. The van der Waals surface area contributed by atoms with E-state index in [1.165, 1.54) is 0 Å². The molecule has 0 aromatic rings. The van der Waals surface area contributed by atoms with Gasteiger partial charge in [-0.2, -0.15) is 0 Å². The number of nitrogens with one attached hydrogen (secondary N) is 1. The highest BCUT2D eigenvalue weighted by atomic mass is 16.2. The van der Waals surface area contributed by atoms with Crippen molar-refractivity contribution in [2.75, 3.05) is 13.1 Å². The monoisotopic (exact) mass is 240 g/mol. The molecule has 4 nitrogen and oxygen atoms in total. The standard InChI is InChI=1S/C13H24N2O2/c1-3-5-12(16)14-11-7-9-15(10-8-11)13(17)6-4-2/h11H,3-10H2,1-2H3,(H,14,16). The first-order valence-electron chi connectivity index (χ1n) is 6.74. The van der Waals surface area contributed by atoms with Crippen LogP contribution >= 0.6 is 0 Å². The average Bonchev–Trinajstić information content (AvgIpc) is 2.30. The van der Waals surface area contributed by atoms with Gasteiger partial charge in [0.05, 0.1) is 0 Å². The molecule has 0 atom stereocenters. The third kappa shape index (κ3) is 4.75. The van der Waals surface area contributed by atoms with Crippen molar-refractivity contribution in [3.8, 4) is 0 Å². The lowest BCUT2D eigenvalue weighted by Crippen LogP contribution is -2.46. The van der Waals surface area contributed by atoms with E-state index in [0.29, 0.717) is 12.8 Å². The molecule has 17 heavy (non-hydrogen) atoms. The molecule has 0 unspecified atom stereocenters. The Bertz CT molecular complexity index is 258. The van der Waals surface area contributed by atoms with Crippen molar-refractivity contribution in [2.24, 2.45) is 0 Å². The van der Waals surface area contributed by atoms with Gasteiger partial charge in [-0.25, -0.2) is 0 Å². The summed E-state index contributed by atoms with van der Waals surface area (Å²) in [5, 5.41) is 3.03. The van der Waals surface area contributed by atoms with Crippen LogP contribution in [0.5, 0.6) is 0 Å². The molecule has 1 aliphatic heterocycles. The lowest BCUT2D eigenvalue weighted by molar-refractivity contribution is -0.132. The molecule has 0 aromatic heterocycles. The molecule has 1 fully saturated rings. The first kappa shape index (κ1) is 14.0. The van der Waals surface area contributed by atoms with E-state index in [2.05, 4.69) is 5.32 Å². The van der Waals surface area contributed by atoms with Crippen LogP contribution in [0, 0.1) is 0 Å². The lowest BCUT2D eigenvalue weighted by Gasteiger charge is -2.32. The van der Waals surface area contributed by atoms with Crippen LogP contribution in [-0.4, -0.2) is 35.8 Å². The van der Waals surface area contributed by atoms with E-state index in [1.807, 2.05) is 18.7 Å². The minimum atomic E-state index is 0.144. The summed E-state index contributed by atoms with van der Waals surface area (Å²) in [5.74, 6) is 0.400. The summed E-state index contributed by atoms with van der Waals surface area (Å²) in [4.78, 5) is 25.0. The number of hydrogen-bond acceptors (Lipinski definition) is 2. The van der Waals surface area contributed by atoms with Crippen LogP contribution in [0.3, 0.4) is 0 Å². The smallest absolute Gasteiger partial charge is 0.222 e. The van der Waals surface area contributed by atoms with Gasteiger partial charge < -0.3 is 10.2 Å². The van der Waals surface area contributed by atoms with Crippen molar-refractivity contribution in [1.29, 1.82) is 0 Å². The number of piperidine rings is 1. The Morgan fingerprint density at radius 1 is 1.12 bits per heavy atom. The van der Waals surface area contributed by atoms with E-state index < -0.39 is 0 Å². The summed E-state index contributed by atoms with van der Waals surface area (Å²) >= 11 is 0. The molecule has 2 amide bonds. The summed E-state index contributed by atoms with van der Waals surface area (Å²) in [6, 6.07) is 0.264. The van der Waals surface area contributed by atoms with E-state index in [-0.39, 0.29) is 17.9 Å².